The number of aromatic carboxylic acids is 1. The Morgan fingerprint density at radius 2 is 1.93 bits per heavy atom. The van der Waals surface area contributed by atoms with Crippen LogP contribution in [0, 0.1) is 0 Å². The molecular formula is C9H8O6. The molecule has 0 amide bonds. The molecule has 3 N–H and O–H groups in total. The summed E-state index contributed by atoms with van der Waals surface area (Å²) in [6.07, 6.45) is 0. The van der Waals surface area contributed by atoms with Gasteiger partial charge in [-0.1, -0.05) is 0 Å². The van der Waals surface area contributed by atoms with Crippen LogP contribution in [0.1, 0.15) is 10.4 Å². The van der Waals surface area contributed by atoms with Gasteiger partial charge in [0.05, 0.1) is 12.7 Å². The SMILES string of the molecule is COc1c(O)c(O)cc(C(=O)O)cc1=O. The molecule has 1 rings (SSSR count). The molecule has 0 spiro atoms. The van der Waals surface area contributed by atoms with E-state index in [1.165, 1.54) is 0 Å². The van der Waals surface area contributed by atoms with E-state index in [0.29, 0.717) is 0 Å². The molecule has 0 aliphatic heterocycles. The van der Waals surface area contributed by atoms with Crippen LogP contribution in [0.3, 0.4) is 0 Å². The number of carbonyl (C=O) groups is 1. The lowest BCUT2D eigenvalue weighted by Gasteiger charge is -1.97. The van der Waals surface area contributed by atoms with Crippen LogP contribution in [0.15, 0.2) is 16.9 Å². The molecule has 1 aromatic rings. The lowest BCUT2D eigenvalue weighted by atomic mass is 10.3. The summed E-state index contributed by atoms with van der Waals surface area (Å²) in [4.78, 5) is 21.9. The summed E-state index contributed by atoms with van der Waals surface area (Å²) in [5.41, 5.74) is -1.26. The summed E-state index contributed by atoms with van der Waals surface area (Å²) in [5, 5.41) is 27.1. The van der Waals surface area contributed by atoms with Crippen molar-refractivity contribution in [2.45, 2.75) is 0 Å². The van der Waals surface area contributed by atoms with Gasteiger partial charge in [0.15, 0.2) is 5.75 Å². The summed E-state index contributed by atoms with van der Waals surface area (Å²) in [6, 6.07) is 1.52. The summed E-state index contributed by atoms with van der Waals surface area (Å²) in [5.74, 6) is -3.40. The van der Waals surface area contributed by atoms with E-state index >= 15 is 0 Å². The van der Waals surface area contributed by atoms with Crippen molar-refractivity contribution in [2.24, 2.45) is 0 Å². The topological polar surface area (TPSA) is 104 Å². The molecule has 0 unspecified atom stereocenters. The smallest absolute Gasteiger partial charge is 0.335 e. The Hall–Kier alpha value is -2.24. The third kappa shape index (κ3) is 1.98. The minimum absolute atomic E-state index is 0.434. The first-order valence-electron chi connectivity index (χ1n) is 3.85. The Bertz CT molecular complexity index is 465. The predicted octanol–water partition coefficient (Wildman–Crippen LogP) is 0.165. The van der Waals surface area contributed by atoms with E-state index in [-0.39, 0.29) is 0 Å². The molecule has 0 atom stereocenters. The van der Waals surface area contributed by atoms with Crippen molar-refractivity contribution in [3.63, 3.8) is 0 Å². The van der Waals surface area contributed by atoms with Gasteiger partial charge in [0, 0.05) is 6.07 Å². The minimum Gasteiger partial charge on any atom is -0.504 e. The maximum absolute atomic E-state index is 11.3. The first-order chi connectivity index (χ1) is 6.97. The fourth-order valence-electron chi connectivity index (χ4n) is 1.02. The van der Waals surface area contributed by atoms with Crippen LogP contribution in [0.2, 0.25) is 0 Å². The molecular weight excluding hydrogens is 204 g/mol. The highest BCUT2D eigenvalue weighted by atomic mass is 16.5. The molecule has 80 valence electrons. The van der Waals surface area contributed by atoms with Crippen LogP contribution in [-0.4, -0.2) is 28.4 Å². The third-order valence-electron chi connectivity index (χ3n) is 1.71. The molecule has 0 fully saturated rings. The predicted molar refractivity (Wildman–Crippen MR) is 49.6 cm³/mol. The summed E-state index contributed by atoms with van der Waals surface area (Å²) >= 11 is 0. The average molecular weight is 212 g/mol. The van der Waals surface area contributed by atoms with Crippen molar-refractivity contribution in [3.8, 4) is 17.2 Å². The first-order valence-corrected chi connectivity index (χ1v) is 3.85. The fraction of sp³-hybridized carbons (Fsp3) is 0.111. The highest BCUT2D eigenvalue weighted by Gasteiger charge is 2.13. The number of ether oxygens (including phenoxy) is 1. The second kappa shape index (κ2) is 3.87. The fourth-order valence-corrected chi connectivity index (χ4v) is 1.02. The number of carboxylic acids is 1. The Kier molecular flexibility index (Phi) is 2.80. The molecule has 6 heteroatoms. The third-order valence-corrected chi connectivity index (χ3v) is 1.71. The Balaban J connectivity index is 3.66. The van der Waals surface area contributed by atoms with E-state index in [0.717, 1.165) is 19.2 Å². The Morgan fingerprint density at radius 3 is 2.40 bits per heavy atom. The maximum atomic E-state index is 11.3. The van der Waals surface area contributed by atoms with Crippen LogP contribution in [-0.2, 0) is 0 Å². The maximum Gasteiger partial charge on any atom is 0.335 e. The van der Waals surface area contributed by atoms with Gasteiger partial charge in [0.2, 0.25) is 16.9 Å². The normalized spacial score (nSPS) is 9.67. The van der Waals surface area contributed by atoms with Crippen molar-refractivity contribution in [2.75, 3.05) is 7.11 Å². The lowest BCUT2D eigenvalue weighted by Crippen LogP contribution is -2.03. The van der Waals surface area contributed by atoms with Crippen molar-refractivity contribution in [1.29, 1.82) is 0 Å². The van der Waals surface area contributed by atoms with Crippen LogP contribution in [0.5, 0.6) is 17.2 Å². The largest absolute Gasteiger partial charge is 0.504 e. The molecule has 0 aliphatic carbocycles. The average Bonchev–Trinajstić information content (AvgIpc) is 2.26. The molecule has 0 heterocycles. The van der Waals surface area contributed by atoms with E-state index in [4.69, 9.17) is 5.11 Å². The van der Waals surface area contributed by atoms with Crippen molar-refractivity contribution in [1.82, 2.24) is 0 Å². The lowest BCUT2D eigenvalue weighted by molar-refractivity contribution is 0.0696. The van der Waals surface area contributed by atoms with Gasteiger partial charge in [-0.05, 0) is 6.07 Å². The second-order valence-corrected chi connectivity index (χ2v) is 2.68. The molecule has 1 aromatic carbocycles. The molecule has 0 saturated heterocycles. The molecule has 6 nitrogen and oxygen atoms in total. The van der Waals surface area contributed by atoms with Crippen LogP contribution >= 0.6 is 0 Å². The van der Waals surface area contributed by atoms with Crippen molar-refractivity contribution in [3.05, 3.63) is 27.9 Å². The van der Waals surface area contributed by atoms with Crippen LogP contribution in [0.25, 0.3) is 0 Å². The summed E-state index contributed by atoms with van der Waals surface area (Å²) in [6.45, 7) is 0. The quantitative estimate of drug-likeness (QED) is 0.645. The van der Waals surface area contributed by atoms with Gasteiger partial charge in [-0.3, -0.25) is 4.79 Å². The Labute approximate surface area is 84.0 Å². The molecule has 0 aromatic heterocycles. The van der Waals surface area contributed by atoms with Crippen molar-refractivity contribution < 1.29 is 24.9 Å². The van der Waals surface area contributed by atoms with Gasteiger partial charge in [-0.2, -0.15) is 0 Å². The number of methoxy groups -OCH3 is 1. The molecule has 15 heavy (non-hydrogen) atoms. The number of carboxylic acid groups (broad SMARTS) is 1. The monoisotopic (exact) mass is 212 g/mol. The zero-order valence-electron chi connectivity index (χ0n) is 7.72. The minimum atomic E-state index is -1.39. The molecule has 0 saturated carbocycles. The summed E-state index contributed by atoms with van der Waals surface area (Å²) in [7, 11) is 1.12. The highest BCUT2D eigenvalue weighted by Crippen LogP contribution is 2.31. The molecule has 0 radical (unpaired) electrons. The zero-order valence-corrected chi connectivity index (χ0v) is 7.72. The zero-order chi connectivity index (χ0) is 11.6. The van der Waals surface area contributed by atoms with Gasteiger partial charge in [-0.25, -0.2) is 4.79 Å². The van der Waals surface area contributed by atoms with Crippen LogP contribution in [0.4, 0.5) is 0 Å². The first kappa shape index (κ1) is 10.8. The van der Waals surface area contributed by atoms with Gasteiger partial charge < -0.3 is 20.1 Å². The standard InChI is InChI=1S/C9H8O6/c1-15-8-6(11)3-4(9(13)14)2-5(10)7(8)12/h2-3,10,12H,1H3,(H,13,14). The Morgan fingerprint density at radius 1 is 1.33 bits per heavy atom. The number of aromatic hydroxyl groups is 2. The number of rotatable bonds is 2. The van der Waals surface area contributed by atoms with Gasteiger partial charge in [-0.15, -0.1) is 0 Å². The second-order valence-electron chi connectivity index (χ2n) is 2.68. The highest BCUT2D eigenvalue weighted by molar-refractivity contribution is 5.88. The van der Waals surface area contributed by atoms with E-state index in [1.807, 2.05) is 0 Å². The van der Waals surface area contributed by atoms with E-state index < -0.39 is 34.2 Å². The van der Waals surface area contributed by atoms with Crippen molar-refractivity contribution >= 4 is 5.97 Å². The number of hydrogen-bond acceptors (Lipinski definition) is 5. The van der Waals surface area contributed by atoms with Gasteiger partial charge in [0.25, 0.3) is 0 Å². The van der Waals surface area contributed by atoms with E-state index in [9.17, 15) is 19.8 Å². The van der Waals surface area contributed by atoms with E-state index in [2.05, 4.69) is 4.74 Å². The van der Waals surface area contributed by atoms with E-state index in [1.54, 1.807) is 0 Å². The molecule has 0 aliphatic rings. The number of hydrogen-bond donors (Lipinski definition) is 3. The van der Waals surface area contributed by atoms with Gasteiger partial charge in [0.1, 0.15) is 0 Å². The summed E-state index contributed by atoms with van der Waals surface area (Å²) < 4.78 is 4.54. The molecule has 0 bridgehead atoms. The van der Waals surface area contributed by atoms with Gasteiger partial charge >= 0.3 is 5.97 Å². The van der Waals surface area contributed by atoms with Crippen LogP contribution < -0.4 is 10.2 Å².